The first-order chi connectivity index (χ1) is 6.33. The van der Waals surface area contributed by atoms with Gasteiger partial charge in [-0.3, -0.25) is 0 Å². The zero-order valence-electron chi connectivity index (χ0n) is 7.59. The summed E-state index contributed by atoms with van der Waals surface area (Å²) < 4.78 is 1.03. The summed E-state index contributed by atoms with van der Waals surface area (Å²) in [5, 5.41) is 4.22. The van der Waals surface area contributed by atoms with Crippen molar-refractivity contribution in [2.24, 2.45) is 0 Å². The number of halogens is 1. The number of nitrogens with one attached hydrogen (secondary N) is 1. The van der Waals surface area contributed by atoms with Crippen molar-refractivity contribution in [2.75, 3.05) is 19.3 Å². The molecule has 1 heterocycles. The molecule has 0 spiro atoms. The Morgan fingerprint density at radius 1 is 1.54 bits per heavy atom. The molecule has 0 aliphatic rings. The number of thioether (sulfide) groups is 1. The van der Waals surface area contributed by atoms with Gasteiger partial charge in [0.1, 0.15) is 0 Å². The molecule has 0 fully saturated rings. The smallest absolute Gasteiger partial charge is 0.0960 e. The van der Waals surface area contributed by atoms with Crippen molar-refractivity contribution in [1.82, 2.24) is 10.3 Å². The van der Waals surface area contributed by atoms with Crippen LogP contribution in [0.25, 0.3) is 0 Å². The number of rotatable bonds is 5. The molecule has 0 aliphatic heterocycles. The van der Waals surface area contributed by atoms with Gasteiger partial charge in [0.2, 0.25) is 0 Å². The van der Waals surface area contributed by atoms with E-state index in [1.54, 1.807) is 11.8 Å². The van der Waals surface area contributed by atoms with Crippen LogP contribution >= 0.6 is 27.7 Å². The average molecular weight is 261 g/mol. The van der Waals surface area contributed by atoms with Crippen LogP contribution in [0.15, 0.2) is 27.8 Å². The lowest BCUT2D eigenvalue weighted by Gasteiger charge is -2.00. The van der Waals surface area contributed by atoms with Crippen LogP contribution in [0, 0.1) is 0 Å². The van der Waals surface area contributed by atoms with E-state index in [0.717, 1.165) is 21.8 Å². The molecular formula is C9H13BrN2S. The Labute approximate surface area is 91.7 Å². The molecule has 0 aromatic carbocycles. The van der Waals surface area contributed by atoms with E-state index in [4.69, 9.17) is 0 Å². The molecule has 1 N–H and O–H groups in total. The van der Waals surface area contributed by atoms with E-state index in [1.807, 2.05) is 25.4 Å². The van der Waals surface area contributed by atoms with Gasteiger partial charge in [-0.2, -0.15) is 0 Å². The van der Waals surface area contributed by atoms with Crippen molar-refractivity contribution in [1.29, 1.82) is 0 Å². The van der Waals surface area contributed by atoms with E-state index in [9.17, 15) is 0 Å². The van der Waals surface area contributed by atoms with Crippen molar-refractivity contribution in [3.05, 3.63) is 22.8 Å². The molecule has 1 aromatic heterocycles. The van der Waals surface area contributed by atoms with Crippen LogP contribution in [0.4, 0.5) is 0 Å². The molecule has 0 saturated heterocycles. The first-order valence-corrected chi connectivity index (χ1v) is 6.00. The van der Waals surface area contributed by atoms with Gasteiger partial charge in [-0.1, -0.05) is 0 Å². The second-order valence-corrected chi connectivity index (χ2v) is 4.65. The van der Waals surface area contributed by atoms with Crippen molar-refractivity contribution < 1.29 is 0 Å². The Balaban J connectivity index is 2.25. The minimum absolute atomic E-state index is 1.03. The largest absolute Gasteiger partial charge is 0.320 e. The third-order valence-electron chi connectivity index (χ3n) is 1.52. The van der Waals surface area contributed by atoms with E-state index in [-0.39, 0.29) is 0 Å². The third-order valence-corrected chi connectivity index (χ3v) is 3.02. The first kappa shape index (κ1) is 11.0. The van der Waals surface area contributed by atoms with Crippen molar-refractivity contribution in [2.45, 2.75) is 11.4 Å². The first-order valence-electron chi connectivity index (χ1n) is 4.22. The molecule has 0 aliphatic carbocycles. The van der Waals surface area contributed by atoms with Gasteiger partial charge in [-0.25, -0.2) is 4.98 Å². The highest BCUT2D eigenvalue weighted by Gasteiger charge is 1.94. The molecule has 1 rings (SSSR count). The Bertz CT molecular complexity index is 238. The van der Waals surface area contributed by atoms with Crippen LogP contribution in [0.2, 0.25) is 0 Å². The van der Waals surface area contributed by atoms with Crippen molar-refractivity contribution in [3.63, 3.8) is 0 Å². The van der Waals surface area contributed by atoms with Crippen LogP contribution in [0.1, 0.15) is 6.42 Å². The fourth-order valence-corrected chi connectivity index (χ4v) is 1.90. The second-order valence-electron chi connectivity index (χ2n) is 2.62. The van der Waals surface area contributed by atoms with Gasteiger partial charge >= 0.3 is 0 Å². The standard InChI is InChI=1S/C9H13BrN2S/c1-11-5-2-6-13-9-4-3-8(10)7-12-9/h3-4,7,11H,2,5-6H2,1H3. The summed E-state index contributed by atoms with van der Waals surface area (Å²) >= 11 is 5.15. The lowest BCUT2D eigenvalue weighted by atomic mass is 10.5. The number of aromatic nitrogens is 1. The van der Waals surface area contributed by atoms with Crippen LogP contribution in [0.5, 0.6) is 0 Å². The van der Waals surface area contributed by atoms with Gasteiger partial charge in [0.05, 0.1) is 5.03 Å². The average Bonchev–Trinajstić information content (AvgIpc) is 2.15. The summed E-state index contributed by atoms with van der Waals surface area (Å²) in [5.74, 6) is 1.12. The number of nitrogens with zero attached hydrogens (tertiary/aromatic N) is 1. The lowest BCUT2D eigenvalue weighted by Crippen LogP contribution is -2.07. The maximum absolute atomic E-state index is 4.27. The summed E-state index contributed by atoms with van der Waals surface area (Å²) in [6, 6.07) is 4.06. The molecule has 0 atom stereocenters. The minimum atomic E-state index is 1.03. The van der Waals surface area contributed by atoms with E-state index in [0.29, 0.717) is 0 Å². The van der Waals surface area contributed by atoms with Crippen LogP contribution in [-0.4, -0.2) is 24.3 Å². The van der Waals surface area contributed by atoms with Crippen molar-refractivity contribution in [3.8, 4) is 0 Å². The van der Waals surface area contributed by atoms with Gasteiger partial charge in [-0.15, -0.1) is 11.8 Å². The highest BCUT2D eigenvalue weighted by molar-refractivity contribution is 9.10. The van der Waals surface area contributed by atoms with Gasteiger partial charge < -0.3 is 5.32 Å². The Hall–Kier alpha value is -0.0600. The van der Waals surface area contributed by atoms with Crippen molar-refractivity contribution >= 4 is 27.7 Å². The number of hydrogen-bond donors (Lipinski definition) is 1. The van der Waals surface area contributed by atoms with Crippen LogP contribution in [-0.2, 0) is 0 Å². The summed E-state index contributed by atoms with van der Waals surface area (Å²) in [6.45, 7) is 1.07. The van der Waals surface area contributed by atoms with E-state index in [2.05, 4.69) is 26.2 Å². The van der Waals surface area contributed by atoms with Crippen LogP contribution in [0.3, 0.4) is 0 Å². The topological polar surface area (TPSA) is 24.9 Å². The fraction of sp³-hybridized carbons (Fsp3) is 0.444. The summed E-state index contributed by atoms with van der Waals surface area (Å²) in [6.07, 6.45) is 3.01. The maximum Gasteiger partial charge on any atom is 0.0960 e. The summed E-state index contributed by atoms with van der Waals surface area (Å²) in [5.41, 5.74) is 0. The van der Waals surface area contributed by atoms with Gasteiger partial charge in [0.25, 0.3) is 0 Å². The van der Waals surface area contributed by atoms with E-state index >= 15 is 0 Å². The Kier molecular flexibility index (Phi) is 5.43. The molecule has 0 radical (unpaired) electrons. The Morgan fingerprint density at radius 2 is 2.38 bits per heavy atom. The molecular weight excluding hydrogens is 248 g/mol. The van der Waals surface area contributed by atoms with Gasteiger partial charge in [-0.05, 0) is 48.1 Å². The zero-order chi connectivity index (χ0) is 9.52. The monoisotopic (exact) mass is 260 g/mol. The molecule has 72 valence electrons. The molecule has 1 aromatic rings. The fourth-order valence-electron chi connectivity index (χ4n) is 0.873. The van der Waals surface area contributed by atoms with Crippen LogP contribution < -0.4 is 5.32 Å². The van der Waals surface area contributed by atoms with Gasteiger partial charge in [0.15, 0.2) is 0 Å². The zero-order valence-corrected chi connectivity index (χ0v) is 9.99. The number of pyridine rings is 1. The van der Waals surface area contributed by atoms with E-state index < -0.39 is 0 Å². The SMILES string of the molecule is CNCCCSc1ccc(Br)cn1. The molecule has 4 heteroatoms. The quantitative estimate of drug-likeness (QED) is 0.651. The minimum Gasteiger partial charge on any atom is -0.320 e. The van der Waals surface area contributed by atoms with E-state index in [1.165, 1.54) is 6.42 Å². The Morgan fingerprint density at radius 3 is 3.00 bits per heavy atom. The molecule has 0 bridgehead atoms. The highest BCUT2D eigenvalue weighted by atomic mass is 79.9. The molecule has 0 saturated carbocycles. The highest BCUT2D eigenvalue weighted by Crippen LogP contribution is 2.17. The predicted molar refractivity (Wildman–Crippen MR) is 61.2 cm³/mol. The van der Waals surface area contributed by atoms with Gasteiger partial charge in [0, 0.05) is 16.4 Å². The maximum atomic E-state index is 4.27. The molecule has 2 nitrogen and oxygen atoms in total. The molecule has 0 amide bonds. The predicted octanol–water partition coefficient (Wildman–Crippen LogP) is 2.55. The second kappa shape index (κ2) is 6.40. The summed E-state index contributed by atoms with van der Waals surface area (Å²) in [7, 11) is 1.97. The molecule has 0 unspecified atom stereocenters. The summed E-state index contributed by atoms with van der Waals surface area (Å²) in [4.78, 5) is 4.27. The third kappa shape index (κ3) is 4.64. The molecule has 13 heavy (non-hydrogen) atoms. The normalized spacial score (nSPS) is 10.3. The number of hydrogen-bond acceptors (Lipinski definition) is 3. The lowest BCUT2D eigenvalue weighted by molar-refractivity contribution is 0.777.